The molecule has 0 bridgehead atoms. The van der Waals surface area contributed by atoms with Crippen LogP contribution in [0.3, 0.4) is 0 Å². The van der Waals surface area contributed by atoms with Crippen molar-refractivity contribution in [2.24, 2.45) is 0 Å². The summed E-state index contributed by atoms with van der Waals surface area (Å²) in [6.07, 6.45) is -1.59. The number of nitrogens with one attached hydrogen (secondary N) is 1. The fourth-order valence-electron chi connectivity index (χ4n) is 17.8. The Bertz CT molecular complexity index is 6550. The molecule has 6 aliphatic heterocycles. The van der Waals surface area contributed by atoms with Gasteiger partial charge in [-0.1, -0.05) is 215 Å². The second-order valence-corrected chi connectivity index (χ2v) is 37.7. The quantitative estimate of drug-likeness (QED) is 0.0355. The Morgan fingerprint density at radius 2 is 0.743 bits per heavy atom. The van der Waals surface area contributed by atoms with Crippen LogP contribution in [0.5, 0.6) is 0 Å². The summed E-state index contributed by atoms with van der Waals surface area (Å²) in [6.45, 7) is 13.1. The molecular weight excluding hydrogens is 1970 g/mol. The maximum absolute atomic E-state index is 14.0. The molecule has 22 nitrogen and oxygen atoms in total. The fraction of sp³-hybridized carbons (Fsp3) is 0.286. The Morgan fingerprint density at radius 3 is 1.12 bits per heavy atom. The van der Waals surface area contributed by atoms with Crippen LogP contribution in [-0.4, -0.2) is 152 Å². The number of rotatable bonds is 23. The Labute approximate surface area is 864 Å². The van der Waals surface area contributed by atoms with Gasteiger partial charge in [0, 0.05) is 198 Å². The monoisotopic (exact) mass is 2080 g/mol. The van der Waals surface area contributed by atoms with E-state index in [1.54, 1.807) is 139 Å². The van der Waals surface area contributed by atoms with Crippen LogP contribution in [0, 0.1) is 12.7 Å². The number of anilines is 2. The van der Waals surface area contributed by atoms with Crippen LogP contribution in [0.2, 0.25) is 30.1 Å². The molecule has 1 N–H and O–H groups in total. The van der Waals surface area contributed by atoms with Crippen molar-refractivity contribution in [1.29, 1.82) is 0 Å². The number of allylic oxidation sites excluding steroid dienone is 5. The van der Waals surface area contributed by atoms with Crippen LogP contribution < -0.4 is 10.2 Å². The first-order valence-corrected chi connectivity index (χ1v) is 48.6. The molecule has 0 spiro atoms. The van der Waals surface area contributed by atoms with E-state index in [9.17, 15) is 65.5 Å². The lowest BCUT2D eigenvalue weighted by Gasteiger charge is -2.38. The number of aryl methyl sites for hydroxylation is 2. The molecule has 6 aliphatic rings. The van der Waals surface area contributed by atoms with Gasteiger partial charge in [-0.05, 0) is 202 Å². The molecule has 0 aliphatic carbocycles. The van der Waals surface area contributed by atoms with E-state index in [0.717, 1.165) is 69.6 Å². The summed E-state index contributed by atoms with van der Waals surface area (Å²) < 4.78 is 78.0. The summed E-state index contributed by atoms with van der Waals surface area (Å²) >= 11 is 36.0. The van der Waals surface area contributed by atoms with Gasteiger partial charge in [-0.15, -0.1) is 0 Å². The maximum Gasteiger partial charge on any atom is 0.416 e. The van der Waals surface area contributed by atoms with Crippen molar-refractivity contribution in [3.8, 4) is 0 Å². The molecule has 5 atom stereocenters. The number of esters is 3. The molecule has 0 aromatic heterocycles. The average molecular weight is 2080 g/mol. The van der Waals surface area contributed by atoms with Gasteiger partial charge in [0.05, 0.1) is 40.5 Å². The summed E-state index contributed by atoms with van der Waals surface area (Å²) in [4.78, 5) is 138. The van der Waals surface area contributed by atoms with E-state index in [2.05, 4.69) is 11.4 Å². The van der Waals surface area contributed by atoms with Gasteiger partial charge in [-0.2, -0.15) is 13.2 Å². The molecule has 5 unspecified atom stereocenters. The molecule has 10 aromatic carbocycles. The second-order valence-electron chi connectivity index (χ2n) is 35.1. The number of hydrogen-bond donors (Lipinski definition) is 1. The zero-order chi connectivity index (χ0) is 104. The van der Waals surface area contributed by atoms with Gasteiger partial charge >= 0.3 is 24.1 Å². The highest BCUT2D eigenvalue weighted by Crippen LogP contribution is 2.45. The lowest BCUT2D eigenvalue weighted by atomic mass is 9.82. The molecule has 6 heterocycles. The van der Waals surface area contributed by atoms with E-state index in [4.69, 9.17) is 93.3 Å². The van der Waals surface area contributed by atoms with Crippen molar-refractivity contribution >= 4 is 140 Å². The summed E-state index contributed by atoms with van der Waals surface area (Å²) in [5, 5.41) is 6.10. The summed E-state index contributed by atoms with van der Waals surface area (Å²) in [5.41, 5.74) is 14.9. The summed E-state index contributed by atoms with van der Waals surface area (Å²) in [6, 6.07) is 69.4. The van der Waals surface area contributed by atoms with Crippen LogP contribution in [0.15, 0.2) is 299 Å². The van der Waals surface area contributed by atoms with Crippen LogP contribution in [0.25, 0.3) is 0 Å². The molecule has 10 aromatic rings. The molecule has 144 heavy (non-hydrogen) atoms. The van der Waals surface area contributed by atoms with Gasteiger partial charge in [0.15, 0.2) is 0 Å². The first-order chi connectivity index (χ1) is 68.7. The molecule has 752 valence electrons. The number of benzene rings is 10. The smallest absolute Gasteiger partial charge is 0.416 e. The molecule has 0 radical (unpaired) electrons. The molecule has 32 heteroatoms. The number of carbonyl (C=O) groups excluding carboxylic acids is 10. The second kappa shape index (κ2) is 50.5. The number of nitrogens with zero attached hydrogens (tertiary/aromatic N) is 6. The number of para-hydroxylation sites is 2. The number of halogens is 10. The normalized spacial score (nSPS) is 17.6. The third kappa shape index (κ3) is 27.7. The van der Waals surface area contributed by atoms with Gasteiger partial charge in [0.1, 0.15) is 25.6 Å². The van der Waals surface area contributed by atoms with E-state index >= 15 is 0 Å². The first kappa shape index (κ1) is 110. The average Bonchev–Trinajstić information content (AvgIpc) is 0.778. The van der Waals surface area contributed by atoms with Crippen LogP contribution in [-0.2, 0) is 104 Å². The zero-order valence-corrected chi connectivity index (χ0v) is 85.7. The Morgan fingerprint density at radius 1 is 0.396 bits per heavy atom. The lowest BCUT2D eigenvalue weighted by Crippen LogP contribution is -2.44. The predicted molar refractivity (Wildman–Crippen MR) is 549 cm³/mol. The van der Waals surface area contributed by atoms with Crippen molar-refractivity contribution in [3.63, 3.8) is 0 Å². The van der Waals surface area contributed by atoms with E-state index in [1.807, 2.05) is 147 Å². The number of hydrogen-bond acceptors (Lipinski definition) is 15. The molecule has 16 rings (SSSR count). The predicted octanol–water partition coefficient (Wildman–Crippen LogP) is 23.8. The van der Waals surface area contributed by atoms with Gasteiger partial charge in [-0.3, -0.25) is 33.6 Å². The van der Waals surface area contributed by atoms with Crippen molar-refractivity contribution in [2.75, 3.05) is 78.4 Å². The number of fused-ring (bicyclic) bond motifs is 1. The molecule has 0 saturated heterocycles. The fourth-order valence-corrected chi connectivity index (χ4v) is 18.6. The van der Waals surface area contributed by atoms with Gasteiger partial charge in [0.25, 0.3) is 11.8 Å². The third-order valence-electron chi connectivity index (χ3n) is 26.1. The number of ether oxygens (including phenoxy) is 5. The Hall–Kier alpha value is -13.0. The van der Waals surface area contributed by atoms with E-state index in [-0.39, 0.29) is 116 Å². The minimum Gasteiger partial charge on any atom is -0.457 e. The molecule has 7 amide bonds. The SMILES string of the molecule is CC1=C(C(=O)OCc2ccc(C(F)(F)F)cc2)C(c2ccc(Cl)cc2)CC(=O)N1C.CC1=C(C(=O)OCc2ccc(C)cc2)C(c2ccc(Cl)cc2)CC(=O)N1C.CC1=C(C(=O)OCc2ccc(F)cc2Cl)C(c2ccc(Cl)cc2)CC(=O)N1C.COCCN1C(=O)CC(c2ccc(Cl)cc2)C(C(=O)N2CCCc3ccccc32)=C1C.COCCN1C(=O)CC(c2ccc(Cl)cc2)C(C(=O)Nc2ccccc2)=C1C. The number of alkyl halides is 3. The standard InChI is InChI=1S/C25H27ClN2O3.C22H19ClF3NO3.C22H23ClN2O3.C22H22ClNO3.C21H18Cl2FNO3/c1-17-24(25(30)28-13-5-7-19-6-3-4-8-22(19)28)21(18-9-11-20(26)12-10-18)16-23(29)27(17)14-15-31-2;1-13-20(18(11-19(28)27(13)2)15-5-9-17(23)10-6-15)21(29)30-12-14-3-7-16(8-4-14)22(24,25)26;1-15-21(22(27)24-18-6-4-3-5-7-18)19(16-8-10-17(23)11-9-16)14-20(26)25(15)12-13-28-2;1-14-4-6-16(7-5-14)13-27-22(26)21-15(2)24(3)20(25)12-19(21)17-8-10-18(23)11-9-17;1-12-20(21(27)28-11-14-5-8-16(24)9-18(14)23)17(10-19(26)25(12)2)13-3-6-15(22)7-4-13/h3-4,6,8-12,21H,5,7,13-16H2,1-2H3;3-10,18H,11-12H2,1-2H3;3-11,19H,12-14H2,1-2H3,(H,24,27);4-11,19H,12-13H2,1-3H3;3-9,17H,10-11H2,1-2H3. The van der Waals surface area contributed by atoms with Crippen molar-refractivity contribution < 1.29 is 89.2 Å². The van der Waals surface area contributed by atoms with Crippen LogP contribution >= 0.6 is 69.6 Å². The highest BCUT2D eigenvalue weighted by atomic mass is 35.5. The van der Waals surface area contributed by atoms with E-state index in [0.29, 0.717) is 131 Å². The number of carbonyl (C=O) groups is 10. The number of methoxy groups -OCH3 is 2. The summed E-state index contributed by atoms with van der Waals surface area (Å²) in [7, 11) is 8.09. The largest absolute Gasteiger partial charge is 0.457 e. The minimum absolute atomic E-state index is 0.00472. The topological polar surface area (TPSA) is 248 Å². The van der Waals surface area contributed by atoms with Gasteiger partial charge in [0.2, 0.25) is 29.5 Å². The Balaban J connectivity index is 0.000000161. The third-order valence-corrected chi connectivity index (χ3v) is 27.7. The molecule has 0 saturated carbocycles. The lowest BCUT2D eigenvalue weighted by molar-refractivity contribution is -0.142. The first-order valence-electron chi connectivity index (χ1n) is 46.4. The van der Waals surface area contributed by atoms with Crippen molar-refractivity contribution in [2.45, 2.75) is 142 Å². The molecule has 0 fully saturated rings. The van der Waals surface area contributed by atoms with Gasteiger partial charge < -0.3 is 58.4 Å². The van der Waals surface area contributed by atoms with E-state index < -0.39 is 47.3 Å². The minimum atomic E-state index is -4.43. The summed E-state index contributed by atoms with van der Waals surface area (Å²) in [5.74, 6) is -4.42. The van der Waals surface area contributed by atoms with Crippen molar-refractivity contribution in [1.82, 2.24) is 24.5 Å². The Kier molecular flexibility index (Phi) is 38.5. The zero-order valence-electron chi connectivity index (χ0n) is 81.2. The highest BCUT2D eigenvalue weighted by molar-refractivity contribution is 6.32. The van der Waals surface area contributed by atoms with Gasteiger partial charge in [-0.25, -0.2) is 18.8 Å². The highest BCUT2D eigenvalue weighted by Gasteiger charge is 2.43. The number of amides is 7. The molecular formula is C112H109Cl6F4N7O15. The van der Waals surface area contributed by atoms with Crippen LogP contribution in [0.4, 0.5) is 28.9 Å². The maximum atomic E-state index is 14.0. The van der Waals surface area contributed by atoms with Crippen LogP contribution in [0.1, 0.15) is 164 Å². The van der Waals surface area contributed by atoms with E-state index in [1.165, 1.54) is 50.6 Å². The van der Waals surface area contributed by atoms with Crippen molar-refractivity contribution in [3.05, 3.63) is 396 Å².